The standard InChI is InChI=1S/C12H10BrFN2O/c13-9-7-16-4-3-11(9)17-12-2-1-8(6-15)5-10(12)14/h1-5,7H,6,15H2. The molecule has 3 nitrogen and oxygen atoms in total. The first-order valence-electron chi connectivity index (χ1n) is 4.96. The fourth-order valence-electron chi connectivity index (χ4n) is 1.32. The van der Waals surface area contributed by atoms with Crippen LogP contribution in [0.25, 0.3) is 0 Å². The topological polar surface area (TPSA) is 48.1 Å². The summed E-state index contributed by atoms with van der Waals surface area (Å²) < 4.78 is 19.7. The quantitative estimate of drug-likeness (QED) is 0.946. The molecule has 5 heteroatoms. The summed E-state index contributed by atoms with van der Waals surface area (Å²) in [6.07, 6.45) is 3.16. The second kappa shape index (κ2) is 5.25. The second-order valence-corrected chi connectivity index (χ2v) is 4.23. The van der Waals surface area contributed by atoms with Gasteiger partial charge in [0, 0.05) is 25.0 Å². The molecule has 0 aliphatic heterocycles. The summed E-state index contributed by atoms with van der Waals surface area (Å²) in [7, 11) is 0. The molecule has 0 atom stereocenters. The normalized spacial score (nSPS) is 10.3. The molecule has 1 heterocycles. The van der Waals surface area contributed by atoms with Gasteiger partial charge in [-0.25, -0.2) is 4.39 Å². The minimum absolute atomic E-state index is 0.161. The maximum atomic E-state index is 13.6. The molecule has 0 aliphatic carbocycles. The summed E-state index contributed by atoms with van der Waals surface area (Å²) >= 11 is 3.28. The van der Waals surface area contributed by atoms with Gasteiger partial charge in [0.15, 0.2) is 11.6 Å². The predicted octanol–water partition coefficient (Wildman–Crippen LogP) is 3.23. The maximum Gasteiger partial charge on any atom is 0.166 e. The molecular weight excluding hydrogens is 287 g/mol. The summed E-state index contributed by atoms with van der Waals surface area (Å²) in [5.41, 5.74) is 6.15. The maximum absolute atomic E-state index is 13.6. The predicted molar refractivity (Wildman–Crippen MR) is 66.3 cm³/mol. The highest BCUT2D eigenvalue weighted by Crippen LogP contribution is 2.30. The Bertz CT molecular complexity index is 534. The second-order valence-electron chi connectivity index (χ2n) is 3.38. The Kier molecular flexibility index (Phi) is 3.71. The number of pyridine rings is 1. The molecule has 88 valence electrons. The molecule has 17 heavy (non-hydrogen) atoms. The third-order valence-electron chi connectivity index (χ3n) is 2.19. The van der Waals surface area contributed by atoms with Crippen LogP contribution in [0.2, 0.25) is 0 Å². The molecule has 0 unspecified atom stereocenters. The zero-order valence-electron chi connectivity index (χ0n) is 8.86. The number of nitrogens with zero attached hydrogens (tertiary/aromatic N) is 1. The SMILES string of the molecule is NCc1ccc(Oc2ccncc2Br)c(F)c1. The number of ether oxygens (including phenoxy) is 1. The van der Waals surface area contributed by atoms with E-state index in [9.17, 15) is 4.39 Å². The van der Waals surface area contributed by atoms with Gasteiger partial charge >= 0.3 is 0 Å². The molecule has 0 radical (unpaired) electrons. The Hall–Kier alpha value is -1.46. The van der Waals surface area contributed by atoms with Crippen molar-refractivity contribution in [2.24, 2.45) is 5.73 Å². The zero-order valence-corrected chi connectivity index (χ0v) is 10.4. The van der Waals surface area contributed by atoms with Gasteiger partial charge < -0.3 is 10.5 Å². The van der Waals surface area contributed by atoms with E-state index < -0.39 is 5.82 Å². The van der Waals surface area contributed by atoms with Gasteiger partial charge in [-0.1, -0.05) is 6.07 Å². The van der Waals surface area contributed by atoms with Gasteiger partial charge in [0.05, 0.1) is 4.47 Å². The van der Waals surface area contributed by atoms with Crippen molar-refractivity contribution in [1.29, 1.82) is 0 Å². The third-order valence-corrected chi connectivity index (χ3v) is 2.78. The van der Waals surface area contributed by atoms with Crippen LogP contribution >= 0.6 is 15.9 Å². The van der Waals surface area contributed by atoms with E-state index in [2.05, 4.69) is 20.9 Å². The van der Waals surface area contributed by atoms with Gasteiger partial charge in [0.1, 0.15) is 5.75 Å². The van der Waals surface area contributed by atoms with Gasteiger partial charge in [0.2, 0.25) is 0 Å². The monoisotopic (exact) mass is 296 g/mol. The van der Waals surface area contributed by atoms with Crippen molar-refractivity contribution in [2.75, 3.05) is 0 Å². The van der Waals surface area contributed by atoms with Crippen molar-refractivity contribution in [2.45, 2.75) is 6.54 Å². The lowest BCUT2D eigenvalue weighted by Gasteiger charge is -2.08. The summed E-state index contributed by atoms with van der Waals surface area (Å²) in [5, 5.41) is 0. The van der Waals surface area contributed by atoms with Gasteiger partial charge in [-0.2, -0.15) is 0 Å². The number of aromatic nitrogens is 1. The highest BCUT2D eigenvalue weighted by atomic mass is 79.9. The molecule has 2 rings (SSSR count). The van der Waals surface area contributed by atoms with Crippen molar-refractivity contribution in [3.8, 4) is 11.5 Å². The van der Waals surface area contributed by atoms with Crippen LogP contribution in [-0.2, 0) is 6.54 Å². The summed E-state index contributed by atoms with van der Waals surface area (Å²) in [6.45, 7) is 0.302. The lowest BCUT2D eigenvalue weighted by atomic mass is 10.2. The van der Waals surface area contributed by atoms with Crippen LogP contribution in [0.4, 0.5) is 4.39 Å². The van der Waals surface area contributed by atoms with E-state index in [1.165, 1.54) is 6.07 Å². The van der Waals surface area contributed by atoms with Crippen LogP contribution in [0.3, 0.4) is 0 Å². The smallest absolute Gasteiger partial charge is 0.166 e. The molecule has 2 aromatic rings. The van der Waals surface area contributed by atoms with E-state index in [0.29, 0.717) is 16.8 Å². The lowest BCUT2D eigenvalue weighted by molar-refractivity contribution is 0.439. The average molecular weight is 297 g/mol. The van der Waals surface area contributed by atoms with Gasteiger partial charge in [-0.3, -0.25) is 4.98 Å². The van der Waals surface area contributed by atoms with Crippen LogP contribution in [0.15, 0.2) is 41.1 Å². The minimum atomic E-state index is -0.434. The molecule has 1 aromatic heterocycles. The van der Waals surface area contributed by atoms with Gasteiger partial charge in [-0.05, 0) is 33.6 Å². The zero-order chi connectivity index (χ0) is 12.3. The fraction of sp³-hybridized carbons (Fsp3) is 0.0833. The van der Waals surface area contributed by atoms with Crippen LogP contribution in [-0.4, -0.2) is 4.98 Å². The van der Waals surface area contributed by atoms with Gasteiger partial charge in [-0.15, -0.1) is 0 Å². The lowest BCUT2D eigenvalue weighted by Crippen LogP contribution is -1.97. The van der Waals surface area contributed by atoms with Gasteiger partial charge in [0.25, 0.3) is 0 Å². The van der Waals surface area contributed by atoms with Crippen LogP contribution in [0, 0.1) is 5.82 Å². The van der Waals surface area contributed by atoms with Crippen LogP contribution in [0.5, 0.6) is 11.5 Å². The van der Waals surface area contributed by atoms with Crippen molar-refractivity contribution < 1.29 is 9.13 Å². The molecule has 0 bridgehead atoms. The number of hydrogen-bond acceptors (Lipinski definition) is 3. The fourth-order valence-corrected chi connectivity index (χ4v) is 1.65. The molecule has 0 spiro atoms. The number of halogens is 2. The molecule has 2 N–H and O–H groups in total. The largest absolute Gasteiger partial charge is 0.453 e. The van der Waals surface area contributed by atoms with E-state index in [1.54, 1.807) is 30.6 Å². The first kappa shape index (κ1) is 12.0. The number of benzene rings is 1. The highest BCUT2D eigenvalue weighted by Gasteiger charge is 2.07. The number of hydrogen-bond donors (Lipinski definition) is 1. The Morgan fingerprint density at radius 2 is 2.12 bits per heavy atom. The molecule has 1 aromatic carbocycles. The highest BCUT2D eigenvalue weighted by molar-refractivity contribution is 9.10. The Labute approximate surface area is 107 Å². The first-order valence-corrected chi connectivity index (χ1v) is 5.76. The van der Waals surface area contributed by atoms with E-state index in [-0.39, 0.29) is 5.75 Å². The summed E-state index contributed by atoms with van der Waals surface area (Å²) in [4.78, 5) is 3.90. The Morgan fingerprint density at radius 1 is 1.29 bits per heavy atom. The summed E-state index contributed by atoms with van der Waals surface area (Å²) in [5.74, 6) is 0.241. The van der Waals surface area contributed by atoms with Crippen molar-refractivity contribution in [3.05, 3.63) is 52.5 Å². The molecule has 0 amide bonds. The van der Waals surface area contributed by atoms with Crippen LogP contribution in [0.1, 0.15) is 5.56 Å². The minimum Gasteiger partial charge on any atom is -0.453 e. The Balaban J connectivity index is 2.28. The molecule has 0 saturated carbocycles. The van der Waals surface area contributed by atoms with E-state index >= 15 is 0 Å². The molecule has 0 aliphatic rings. The van der Waals surface area contributed by atoms with Crippen molar-refractivity contribution in [1.82, 2.24) is 4.98 Å². The van der Waals surface area contributed by atoms with E-state index in [0.717, 1.165) is 5.56 Å². The molecule has 0 fully saturated rings. The van der Waals surface area contributed by atoms with E-state index in [4.69, 9.17) is 10.5 Å². The Morgan fingerprint density at radius 3 is 2.76 bits per heavy atom. The number of rotatable bonds is 3. The number of nitrogens with two attached hydrogens (primary N) is 1. The van der Waals surface area contributed by atoms with Crippen molar-refractivity contribution >= 4 is 15.9 Å². The third kappa shape index (κ3) is 2.81. The molecular formula is C12H10BrFN2O. The first-order chi connectivity index (χ1) is 8.20. The summed E-state index contributed by atoms with van der Waals surface area (Å²) in [6, 6.07) is 6.31. The molecule has 0 saturated heterocycles. The van der Waals surface area contributed by atoms with Crippen molar-refractivity contribution in [3.63, 3.8) is 0 Å². The van der Waals surface area contributed by atoms with E-state index in [1.807, 2.05) is 0 Å². The van der Waals surface area contributed by atoms with Crippen LogP contribution < -0.4 is 10.5 Å². The average Bonchev–Trinajstić information content (AvgIpc) is 2.34.